The molecule has 0 aromatic heterocycles. The molecule has 2 aromatic carbocycles. The van der Waals surface area contributed by atoms with Gasteiger partial charge in [0.05, 0.1) is 0 Å². The molecule has 6 nitrogen and oxygen atoms in total. The van der Waals surface area contributed by atoms with Crippen molar-refractivity contribution in [2.24, 2.45) is 0 Å². The van der Waals surface area contributed by atoms with Crippen molar-refractivity contribution in [1.82, 2.24) is 10.9 Å². The number of ether oxygens (including phenoxy) is 2. The number of benzene rings is 2. The van der Waals surface area contributed by atoms with Crippen LogP contribution in [0.4, 0.5) is 0 Å². The molecule has 0 spiro atoms. The Morgan fingerprint density at radius 3 is 2.15 bits per heavy atom. The van der Waals surface area contributed by atoms with Gasteiger partial charge in [-0.2, -0.15) is 0 Å². The lowest BCUT2D eigenvalue weighted by Crippen LogP contribution is -2.49. The van der Waals surface area contributed by atoms with E-state index in [4.69, 9.17) is 9.47 Å². The molecule has 0 heterocycles. The molecule has 2 aromatic rings. The molecule has 2 rings (SSSR count). The molecular weight excluding hydrogens is 344 g/mol. The van der Waals surface area contributed by atoms with E-state index in [0.29, 0.717) is 17.9 Å². The third-order valence-corrected chi connectivity index (χ3v) is 3.99. The van der Waals surface area contributed by atoms with Gasteiger partial charge in [0.1, 0.15) is 11.5 Å². The Bertz CT molecular complexity index is 742. The minimum Gasteiger partial charge on any atom is -0.484 e. The van der Waals surface area contributed by atoms with Crippen LogP contribution in [0, 0.1) is 6.92 Å². The number of carbonyl (C=O) groups excluding carboxylic acids is 2. The van der Waals surface area contributed by atoms with Gasteiger partial charge < -0.3 is 9.47 Å². The zero-order chi connectivity index (χ0) is 19.6. The first-order chi connectivity index (χ1) is 13.0. The van der Waals surface area contributed by atoms with E-state index >= 15 is 0 Å². The lowest BCUT2D eigenvalue weighted by molar-refractivity contribution is -0.134. The summed E-state index contributed by atoms with van der Waals surface area (Å²) in [6.07, 6.45) is 0.710. The lowest BCUT2D eigenvalue weighted by Gasteiger charge is -2.17. The maximum absolute atomic E-state index is 12.2. The quantitative estimate of drug-likeness (QED) is 0.701. The molecule has 27 heavy (non-hydrogen) atoms. The van der Waals surface area contributed by atoms with E-state index in [1.807, 2.05) is 62.4 Å². The Kier molecular flexibility index (Phi) is 7.67. The first kappa shape index (κ1) is 20.3. The third-order valence-electron chi connectivity index (χ3n) is 3.99. The van der Waals surface area contributed by atoms with Crippen LogP contribution in [0.1, 0.15) is 31.4 Å². The van der Waals surface area contributed by atoms with E-state index in [2.05, 4.69) is 17.8 Å². The molecular formula is C21H26N2O4. The number of nitrogens with one attached hydrogen (secondary N) is 2. The van der Waals surface area contributed by atoms with Gasteiger partial charge in [-0.1, -0.05) is 43.7 Å². The SMILES string of the molecule is CCc1ccc(OCC(=O)NNC(=O)C(CC)Oc2ccc(C)cc2)cc1. The molecule has 2 amide bonds. The summed E-state index contributed by atoms with van der Waals surface area (Å²) < 4.78 is 11.1. The summed E-state index contributed by atoms with van der Waals surface area (Å²) in [5, 5.41) is 0. The number of carbonyl (C=O) groups is 2. The van der Waals surface area contributed by atoms with Crippen molar-refractivity contribution in [3.63, 3.8) is 0 Å². The van der Waals surface area contributed by atoms with Gasteiger partial charge in [-0.3, -0.25) is 20.4 Å². The first-order valence-corrected chi connectivity index (χ1v) is 9.05. The normalized spacial score (nSPS) is 11.4. The molecule has 0 aliphatic heterocycles. The van der Waals surface area contributed by atoms with Crippen LogP contribution >= 0.6 is 0 Å². The maximum Gasteiger partial charge on any atom is 0.279 e. The molecule has 0 radical (unpaired) electrons. The van der Waals surface area contributed by atoms with Crippen LogP contribution in [-0.4, -0.2) is 24.5 Å². The van der Waals surface area contributed by atoms with Crippen LogP contribution in [-0.2, 0) is 16.0 Å². The van der Waals surface area contributed by atoms with E-state index in [1.165, 1.54) is 5.56 Å². The maximum atomic E-state index is 12.2. The van der Waals surface area contributed by atoms with Gasteiger partial charge in [0.2, 0.25) is 0 Å². The summed E-state index contributed by atoms with van der Waals surface area (Å²) >= 11 is 0. The highest BCUT2D eigenvalue weighted by molar-refractivity contribution is 5.85. The predicted molar refractivity (Wildman–Crippen MR) is 103 cm³/mol. The lowest BCUT2D eigenvalue weighted by atomic mass is 10.2. The van der Waals surface area contributed by atoms with E-state index in [-0.39, 0.29) is 6.61 Å². The highest BCUT2D eigenvalue weighted by atomic mass is 16.5. The van der Waals surface area contributed by atoms with Gasteiger partial charge >= 0.3 is 0 Å². The molecule has 6 heteroatoms. The molecule has 0 fully saturated rings. The fourth-order valence-corrected chi connectivity index (χ4v) is 2.32. The van der Waals surface area contributed by atoms with Gasteiger partial charge in [-0.05, 0) is 49.6 Å². The zero-order valence-electron chi connectivity index (χ0n) is 16.0. The first-order valence-electron chi connectivity index (χ1n) is 9.05. The molecule has 0 saturated carbocycles. The Hall–Kier alpha value is -3.02. The van der Waals surface area contributed by atoms with Gasteiger partial charge in [-0.25, -0.2) is 0 Å². The molecule has 2 N–H and O–H groups in total. The number of rotatable bonds is 8. The van der Waals surface area contributed by atoms with Crippen molar-refractivity contribution >= 4 is 11.8 Å². The second-order valence-corrected chi connectivity index (χ2v) is 6.15. The van der Waals surface area contributed by atoms with Crippen molar-refractivity contribution in [2.45, 2.75) is 39.7 Å². The number of hydrazine groups is 1. The molecule has 0 aliphatic carbocycles. The molecule has 1 atom stereocenters. The Labute approximate surface area is 159 Å². The molecule has 144 valence electrons. The van der Waals surface area contributed by atoms with E-state index < -0.39 is 17.9 Å². The van der Waals surface area contributed by atoms with Crippen LogP contribution < -0.4 is 20.3 Å². The second kappa shape index (κ2) is 10.2. The molecule has 0 saturated heterocycles. The standard InChI is InChI=1S/C21H26N2O4/c1-4-16-8-12-17(13-9-16)26-14-20(24)22-23-21(25)19(5-2)27-18-10-6-15(3)7-11-18/h6-13,19H,4-5,14H2,1-3H3,(H,22,24)(H,23,25). The van der Waals surface area contributed by atoms with Crippen molar-refractivity contribution in [3.05, 3.63) is 59.7 Å². The minimum atomic E-state index is -0.699. The fraction of sp³-hybridized carbons (Fsp3) is 0.333. The topological polar surface area (TPSA) is 76.7 Å². The van der Waals surface area contributed by atoms with Crippen molar-refractivity contribution in [3.8, 4) is 11.5 Å². The summed E-state index contributed by atoms with van der Waals surface area (Å²) in [6, 6.07) is 15.0. The Morgan fingerprint density at radius 2 is 1.56 bits per heavy atom. The average molecular weight is 370 g/mol. The van der Waals surface area contributed by atoms with Crippen molar-refractivity contribution in [2.75, 3.05) is 6.61 Å². The average Bonchev–Trinajstić information content (AvgIpc) is 2.70. The van der Waals surface area contributed by atoms with E-state index in [0.717, 1.165) is 12.0 Å². The Morgan fingerprint density at radius 1 is 0.926 bits per heavy atom. The summed E-state index contributed by atoms with van der Waals surface area (Å²) in [6.45, 7) is 5.69. The number of hydrogen-bond acceptors (Lipinski definition) is 4. The van der Waals surface area contributed by atoms with Crippen molar-refractivity contribution < 1.29 is 19.1 Å². The smallest absolute Gasteiger partial charge is 0.279 e. The Balaban J connectivity index is 1.76. The summed E-state index contributed by atoms with van der Waals surface area (Å²) in [7, 11) is 0. The summed E-state index contributed by atoms with van der Waals surface area (Å²) in [5.41, 5.74) is 7.02. The van der Waals surface area contributed by atoms with Crippen LogP contribution in [0.3, 0.4) is 0 Å². The molecule has 0 aliphatic rings. The highest BCUT2D eigenvalue weighted by Gasteiger charge is 2.19. The highest BCUT2D eigenvalue weighted by Crippen LogP contribution is 2.15. The summed E-state index contributed by atoms with van der Waals surface area (Å²) in [4.78, 5) is 24.1. The van der Waals surface area contributed by atoms with Crippen molar-refractivity contribution in [1.29, 1.82) is 0 Å². The van der Waals surface area contributed by atoms with E-state index in [1.54, 1.807) is 0 Å². The van der Waals surface area contributed by atoms with E-state index in [9.17, 15) is 9.59 Å². The monoisotopic (exact) mass is 370 g/mol. The molecule has 1 unspecified atom stereocenters. The predicted octanol–water partition coefficient (Wildman–Crippen LogP) is 2.94. The van der Waals surface area contributed by atoms with Gasteiger partial charge in [-0.15, -0.1) is 0 Å². The third kappa shape index (κ3) is 6.66. The van der Waals surface area contributed by atoms with Gasteiger partial charge in [0.25, 0.3) is 11.8 Å². The number of amides is 2. The zero-order valence-corrected chi connectivity index (χ0v) is 16.0. The van der Waals surface area contributed by atoms with Gasteiger partial charge in [0.15, 0.2) is 12.7 Å². The van der Waals surface area contributed by atoms with Crippen LogP contribution in [0.25, 0.3) is 0 Å². The largest absolute Gasteiger partial charge is 0.484 e. The second-order valence-electron chi connectivity index (χ2n) is 6.15. The fourth-order valence-electron chi connectivity index (χ4n) is 2.32. The molecule has 0 bridgehead atoms. The van der Waals surface area contributed by atoms with Gasteiger partial charge in [0, 0.05) is 0 Å². The summed E-state index contributed by atoms with van der Waals surface area (Å²) in [5.74, 6) is 0.336. The minimum absolute atomic E-state index is 0.193. The van der Waals surface area contributed by atoms with Crippen LogP contribution in [0.15, 0.2) is 48.5 Å². The van der Waals surface area contributed by atoms with Crippen LogP contribution in [0.5, 0.6) is 11.5 Å². The van der Waals surface area contributed by atoms with Crippen LogP contribution in [0.2, 0.25) is 0 Å². The number of hydrogen-bond donors (Lipinski definition) is 2. The number of aryl methyl sites for hydroxylation is 2.